The Morgan fingerprint density at radius 3 is 2.32 bits per heavy atom. The van der Waals surface area contributed by atoms with Gasteiger partial charge in [0.25, 0.3) is 0 Å². The first kappa shape index (κ1) is 18.0. The molecule has 25 heavy (non-hydrogen) atoms. The van der Waals surface area contributed by atoms with Crippen LogP contribution in [0.25, 0.3) is 0 Å². The quantitative estimate of drug-likeness (QED) is 0.880. The van der Waals surface area contributed by atoms with Crippen LogP contribution in [0.4, 0.5) is 4.39 Å². The highest BCUT2D eigenvalue weighted by Crippen LogP contribution is 2.20. The molecule has 1 aliphatic rings. The van der Waals surface area contributed by atoms with Crippen LogP contribution in [0.2, 0.25) is 0 Å². The third-order valence-electron chi connectivity index (χ3n) is 4.38. The van der Waals surface area contributed by atoms with Gasteiger partial charge in [0.15, 0.2) is 0 Å². The maximum atomic E-state index is 13.3. The van der Waals surface area contributed by atoms with Crippen molar-refractivity contribution in [3.8, 4) is 0 Å². The van der Waals surface area contributed by atoms with Gasteiger partial charge in [-0.3, -0.25) is 4.90 Å². The van der Waals surface area contributed by atoms with E-state index in [-0.39, 0.29) is 4.90 Å². The van der Waals surface area contributed by atoms with Crippen molar-refractivity contribution in [2.45, 2.75) is 11.0 Å². The summed E-state index contributed by atoms with van der Waals surface area (Å²) in [4.78, 5) is 2.01. The Balaban J connectivity index is 1.60. The van der Waals surface area contributed by atoms with E-state index in [1.165, 1.54) is 22.5 Å². The highest BCUT2D eigenvalue weighted by atomic mass is 32.2. The molecule has 1 saturated heterocycles. The van der Waals surface area contributed by atoms with E-state index in [0.29, 0.717) is 32.7 Å². The molecular weight excluding hydrogens is 343 g/mol. The molecule has 0 radical (unpaired) electrons. The molecule has 1 heterocycles. The Morgan fingerprint density at radius 2 is 1.68 bits per heavy atom. The second kappa shape index (κ2) is 7.61. The van der Waals surface area contributed by atoms with Crippen molar-refractivity contribution in [3.05, 3.63) is 66.0 Å². The van der Waals surface area contributed by atoms with Gasteiger partial charge in [-0.25, -0.2) is 12.8 Å². The molecule has 0 amide bonds. The molecule has 0 saturated carbocycles. The molecule has 1 N–H and O–H groups in total. The Bertz CT molecular complexity index is 806. The van der Waals surface area contributed by atoms with Gasteiger partial charge in [-0.15, -0.1) is 0 Å². The fourth-order valence-corrected chi connectivity index (χ4v) is 4.41. The first-order chi connectivity index (χ1) is 12.0. The van der Waals surface area contributed by atoms with E-state index in [0.717, 1.165) is 11.6 Å². The predicted octanol–water partition coefficient (Wildman–Crippen LogP) is 1.87. The standard InChI is InChI=1S/C18H21FN2O3S/c19-16-7-4-8-17(13-16)25(23,24)21-11-9-20(10-12-21)14-18(22)15-5-2-1-3-6-15/h1-8,13,18,22H,9-12,14H2/t18-/m0/s1. The summed E-state index contributed by atoms with van der Waals surface area (Å²) in [6, 6.07) is 14.5. The minimum atomic E-state index is -3.68. The average Bonchev–Trinajstić information content (AvgIpc) is 2.63. The molecule has 3 rings (SSSR count). The van der Waals surface area contributed by atoms with Crippen molar-refractivity contribution in [1.82, 2.24) is 9.21 Å². The van der Waals surface area contributed by atoms with Gasteiger partial charge in [0.1, 0.15) is 5.82 Å². The molecule has 1 aliphatic heterocycles. The van der Waals surface area contributed by atoms with E-state index < -0.39 is 21.9 Å². The van der Waals surface area contributed by atoms with Crippen molar-refractivity contribution in [1.29, 1.82) is 0 Å². The Hall–Kier alpha value is -1.80. The number of hydrogen-bond acceptors (Lipinski definition) is 4. The Labute approximate surface area is 147 Å². The lowest BCUT2D eigenvalue weighted by Crippen LogP contribution is -2.49. The molecule has 2 aromatic rings. The molecule has 7 heteroatoms. The lowest BCUT2D eigenvalue weighted by atomic mass is 10.1. The van der Waals surface area contributed by atoms with E-state index in [1.807, 2.05) is 35.2 Å². The normalized spacial score (nSPS) is 18.2. The third-order valence-corrected chi connectivity index (χ3v) is 6.28. The molecule has 0 bridgehead atoms. The molecule has 1 fully saturated rings. The summed E-state index contributed by atoms with van der Waals surface area (Å²) in [7, 11) is -3.68. The summed E-state index contributed by atoms with van der Waals surface area (Å²) in [5.41, 5.74) is 0.845. The number of halogens is 1. The first-order valence-electron chi connectivity index (χ1n) is 8.18. The highest BCUT2D eigenvalue weighted by molar-refractivity contribution is 7.89. The summed E-state index contributed by atoms with van der Waals surface area (Å²) in [6.07, 6.45) is -0.604. The van der Waals surface area contributed by atoms with Gasteiger partial charge >= 0.3 is 0 Å². The number of aliphatic hydroxyl groups is 1. The van der Waals surface area contributed by atoms with Gasteiger partial charge in [0, 0.05) is 32.7 Å². The van der Waals surface area contributed by atoms with Gasteiger partial charge in [-0.05, 0) is 23.8 Å². The number of piperazine rings is 1. The number of β-amino-alcohol motifs (C(OH)–C–C–N with tert-alkyl or cyclic N) is 1. The van der Waals surface area contributed by atoms with Gasteiger partial charge in [-0.1, -0.05) is 36.4 Å². The lowest BCUT2D eigenvalue weighted by Gasteiger charge is -2.35. The second-order valence-electron chi connectivity index (χ2n) is 6.09. The van der Waals surface area contributed by atoms with Crippen LogP contribution < -0.4 is 0 Å². The van der Waals surface area contributed by atoms with Crippen LogP contribution in [0.5, 0.6) is 0 Å². The summed E-state index contributed by atoms with van der Waals surface area (Å²) in [5, 5.41) is 10.3. The lowest BCUT2D eigenvalue weighted by molar-refractivity contribution is 0.0921. The van der Waals surface area contributed by atoms with E-state index in [2.05, 4.69) is 0 Å². The molecule has 2 aromatic carbocycles. The second-order valence-corrected chi connectivity index (χ2v) is 8.03. The minimum Gasteiger partial charge on any atom is -0.387 e. The fourth-order valence-electron chi connectivity index (χ4n) is 2.95. The zero-order valence-corrected chi connectivity index (χ0v) is 14.6. The van der Waals surface area contributed by atoms with Crippen molar-refractivity contribution in [2.75, 3.05) is 32.7 Å². The minimum absolute atomic E-state index is 0.0229. The monoisotopic (exact) mass is 364 g/mol. The molecule has 134 valence electrons. The molecule has 0 aliphatic carbocycles. The highest BCUT2D eigenvalue weighted by Gasteiger charge is 2.29. The van der Waals surface area contributed by atoms with Crippen molar-refractivity contribution in [3.63, 3.8) is 0 Å². The van der Waals surface area contributed by atoms with Crippen LogP contribution >= 0.6 is 0 Å². The Kier molecular flexibility index (Phi) is 5.48. The van der Waals surface area contributed by atoms with Gasteiger partial charge in [-0.2, -0.15) is 4.31 Å². The van der Waals surface area contributed by atoms with Gasteiger partial charge in [0.05, 0.1) is 11.0 Å². The van der Waals surface area contributed by atoms with Crippen LogP contribution in [-0.4, -0.2) is 55.5 Å². The van der Waals surface area contributed by atoms with Crippen molar-refractivity contribution >= 4 is 10.0 Å². The summed E-state index contributed by atoms with van der Waals surface area (Å²) < 4.78 is 39.8. The maximum Gasteiger partial charge on any atom is 0.243 e. The molecule has 0 unspecified atom stereocenters. The number of sulfonamides is 1. The van der Waals surface area contributed by atoms with E-state index in [9.17, 15) is 17.9 Å². The Morgan fingerprint density at radius 1 is 1.00 bits per heavy atom. The van der Waals surface area contributed by atoms with Crippen molar-refractivity contribution < 1.29 is 17.9 Å². The molecule has 1 atom stereocenters. The number of rotatable bonds is 5. The summed E-state index contributed by atoms with van der Waals surface area (Å²) >= 11 is 0. The van der Waals surface area contributed by atoms with Crippen molar-refractivity contribution in [2.24, 2.45) is 0 Å². The molecular formula is C18H21FN2O3S. The number of aliphatic hydroxyl groups excluding tert-OH is 1. The smallest absolute Gasteiger partial charge is 0.243 e. The molecule has 5 nitrogen and oxygen atoms in total. The number of hydrogen-bond donors (Lipinski definition) is 1. The maximum absolute atomic E-state index is 13.3. The number of benzene rings is 2. The number of nitrogens with zero attached hydrogens (tertiary/aromatic N) is 2. The average molecular weight is 364 g/mol. The van der Waals surface area contributed by atoms with Gasteiger partial charge in [0.2, 0.25) is 10.0 Å². The van der Waals surface area contributed by atoms with Crippen LogP contribution in [0.3, 0.4) is 0 Å². The fraction of sp³-hybridized carbons (Fsp3) is 0.333. The molecule has 0 aromatic heterocycles. The molecule has 0 spiro atoms. The van der Waals surface area contributed by atoms with Crippen LogP contribution in [0, 0.1) is 5.82 Å². The van der Waals surface area contributed by atoms with E-state index >= 15 is 0 Å². The summed E-state index contributed by atoms with van der Waals surface area (Å²) in [5.74, 6) is -0.564. The summed E-state index contributed by atoms with van der Waals surface area (Å²) in [6.45, 7) is 2.15. The van der Waals surface area contributed by atoms with Crippen LogP contribution in [0.1, 0.15) is 11.7 Å². The predicted molar refractivity (Wildman–Crippen MR) is 93.0 cm³/mol. The zero-order valence-electron chi connectivity index (χ0n) is 13.8. The largest absolute Gasteiger partial charge is 0.387 e. The third kappa shape index (κ3) is 4.24. The van der Waals surface area contributed by atoms with E-state index in [1.54, 1.807) is 0 Å². The topological polar surface area (TPSA) is 60.9 Å². The van der Waals surface area contributed by atoms with E-state index in [4.69, 9.17) is 0 Å². The van der Waals surface area contributed by atoms with Crippen LogP contribution in [0.15, 0.2) is 59.5 Å². The zero-order chi connectivity index (χ0) is 17.9. The SMILES string of the molecule is O=S(=O)(c1cccc(F)c1)N1CCN(C[C@H](O)c2ccccc2)CC1. The first-order valence-corrected chi connectivity index (χ1v) is 9.62. The van der Waals surface area contributed by atoms with Crippen LogP contribution in [-0.2, 0) is 10.0 Å². The van der Waals surface area contributed by atoms with Gasteiger partial charge < -0.3 is 5.11 Å².